The molecule has 2 aromatic rings. The Balaban J connectivity index is 2.77. The summed E-state index contributed by atoms with van der Waals surface area (Å²) in [6.07, 6.45) is 0. The molecule has 0 N–H and O–H groups in total. The topological polar surface area (TPSA) is 105 Å². The van der Waals surface area contributed by atoms with E-state index in [2.05, 4.69) is 18.9 Å². The van der Waals surface area contributed by atoms with Gasteiger partial charge in [0.2, 0.25) is 0 Å². The lowest BCUT2D eigenvalue weighted by Gasteiger charge is -2.42. The Kier molecular flexibility index (Phi) is 10.7. The van der Waals surface area contributed by atoms with Crippen molar-refractivity contribution in [3.8, 4) is 0 Å². The Hall–Kier alpha value is -4.66. The SMILES string of the molecule is COC(=O)c1ccc(C(F)(F)C(F)(F)C(F)(F)C(F)(F)C(F)(F)C(F)(F)C(F)(F)c2ccc(C(=O)OC)c(C(=O)OC)c2)cc1C(=O)OC. The molecule has 0 aromatic heterocycles. The summed E-state index contributed by atoms with van der Waals surface area (Å²) in [5, 5.41) is 0. The van der Waals surface area contributed by atoms with Crippen LogP contribution in [0.5, 0.6) is 0 Å². The van der Waals surface area contributed by atoms with Gasteiger partial charge in [0.1, 0.15) is 0 Å². The van der Waals surface area contributed by atoms with Crippen molar-refractivity contribution in [2.24, 2.45) is 0 Å². The molecule has 2 rings (SSSR count). The van der Waals surface area contributed by atoms with Gasteiger partial charge in [-0.3, -0.25) is 0 Å². The molecule has 8 nitrogen and oxygen atoms in total. The van der Waals surface area contributed by atoms with Gasteiger partial charge in [0.15, 0.2) is 0 Å². The van der Waals surface area contributed by atoms with Crippen LogP contribution in [0.25, 0.3) is 0 Å². The summed E-state index contributed by atoms with van der Waals surface area (Å²) in [4.78, 5) is 47.4. The van der Waals surface area contributed by atoms with Gasteiger partial charge in [0, 0.05) is 11.1 Å². The third-order valence-corrected chi connectivity index (χ3v) is 6.75. The lowest BCUT2D eigenvalue weighted by molar-refractivity contribution is -0.444. The number of carbonyl (C=O) groups is 4. The average Bonchev–Trinajstić information content (AvgIpc) is 3.05. The van der Waals surface area contributed by atoms with Gasteiger partial charge in [-0.05, 0) is 24.3 Å². The smallest absolute Gasteiger partial charge is 0.385 e. The van der Waals surface area contributed by atoms with E-state index in [1.54, 1.807) is 0 Å². The van der Waals surface area contributed by atoms with Crippen molar-refractivity contribution in [1.29, 1.82) is 0 Å². The second-order valence-corrected chi connectivity index (χ2v) is 9.51. The molecule has 0 aliphatic rings. The van der Waals surface area contributed by atoms with Gasteiger partial charge in [0.25, 0.3) is 0 Å². The fraction of sp³-hybridized carbons (Fsp3) is 0.407. The molecule has 0 fully saturated rings. The predicted molar refractivity (Wildman–Crippen MR) is 131 cm³/mol. The van der Waals surface area contributed by atoms with Crippen molar-refractivity contribution >= 4 is 23.9 Å². The predicted octanol–water partition coefficient (Wildman–Crippen LogP) is 6.89. The van der Waals surface area contributed by atoms with Crippen LogP contribution in [0.15, 0.2) is 36.4 Å². The van der Waals surface area contributed by atoms with Gasteiger partial charge in [-0.2, -0.15) is 61.5 Å². The van der Waals surface area contributed by atoms with E-state index < -0.39 is 111 Å². The molecule has 2 aromatic carbocycles. The van der Waals surface area contributed by atoms with Crippen LogP contribution in [-0.4, -0.2) is 81.9 Å². The third-order valence-electron chi connectivity index (χ3n) is 6.75. The van der Waals surface area contributed by atoms with Gasteiger partial charge < -0.3 is 18.9 Å². The van der Waals surface area contributed by atoms with E-state index in [0.717, 1.165) is 0 Å². The molecule has 0 spiro atoms. The summed E-state index contributed by atoms with van der Waals surface area (Å²) in [7, 11) is 2.35. The van der Waals surface area contributed by atoms with Gasteiger partial charge in [-0.25, -0.2) is 19.2 Å². The summed E-state index contributed by atoms with van der Waals surface area (Å²) in [6.45, 7) is 0. The molecule has 0 atom stereocenters. The van der Waals surface area contributed by atoms with Crippen LogP contribution in [0.2, 0.25) is 0 Å². The molecule has 0 unspecified atom stereocenters. The fourth-order valence-electron chi connectivity index (χ4n) is 3.96. The largest absolute Gasteiger partial charge is 0.465 e. The number of hydrogen-bond donors (Lipinski definition) is 0. The fourth-order valence-corrected chi connectivity index (χ4v) is 3.96. The summed E-state index contributed by atoms with van der Waals surface area (Å²) in [5.41, 5.74) is -10.2. The van der Waals surface area contributed by atoms with E-state index in [0.29, 0.717) is 28.4 Å². The van der Waals surface area contributed by atoms with Crippen LogP contribution < -0.4 is 0 Å². The van der Waals surface area contributed by atoms with Crippen molar-refractivity contribution in [3.63, 3.8) is 0 Å². The molecule has 0 aliphatic carbocycles. The molecule has 272 valence electrons. The second kappa shape index (κ2) is 13.0. The number of esters is 4. The lowest BCUT2D eigenvalue weighted by Crippen LogP contribution is -2.72. The Morgan fingerprint density at radius 3 is 0.857 bits per heavy atom. The first-order valence-electron chi connectivity index (χ1n) is 12.4. The van der Waals surface area contributed by atoms with E-state index in [4.69, 9.17) is 0 Å². The van der Waals surface area contributed by atoms with E-state index in [-0.39, 0.29) is 24.3 Å². The first-order valence-corrected chi connectivity index (χ1v) is 12.4. The Bertz CT molecular complexity index is 1520. The monoisotopic (exact) mass is 736 g/mol. The van der Waals surface area contributed by atoms with Gasteiger partial charge in [-0.1, -0.05) is 12.1 Å². The minimum atomic E-state index is -8.48. The zero-order valence-corrected chi connectivity index (χ0v) is 24.5. The highest BCUT2D eigenvalue weighted by molar-refractivity contribution is 6.04. The molecule has 0 radical (unpaired) electrons. The molecule has 0 amide bonds. The third kappa shape index (κ3) is 5.97. The zero-order chi connectivity index (χ0) is 38.3. The standard InChI is InChI=1S/C27H18F14O8/c1-46-17(42)13-7-5-11(9-15(13)19(44)48-3)21(28,29)23(32,33)25(36,37)27(40,41)26(38,39)24(34,35)22(30,31)12-6-8-14(18(43)47-2)16(10-12)20(45)49-4/h5-10H,1-4H3. The highest BCUT2D eigenvalue weighted by atomic mass is 19.4. The Labute approximate surface area is 263 Å². The normalized spacial score (nSPS) is 13.4. The molecule has 0 saturated carbocycles. The summed E-state index contributed by atoms with van der Waals surface area (Å²) in [6, 6.07) is -1.66. The summed E-state index contributed by atoms with van der Waals surface area (Å²) >= 11 is 0. The number of ether oxygens (including phenoxy) is 4. The van der Waals surface area contributed by atoms with Gasteiger partial charge in [-0.15, -0.1) is 0 Å². The van der Waals surface area contributed by atoms with Crippen LogP contribution in [0.1, 0.15) is 52.6 Å². The van der Waals surface area contributed by atoms with Crippen molar-refractivity contribution in [2.75, 3.05) is 28.4 Å². The minimum Gasteiger partial charge on any atom is -0.465 e. The highest BCUT2D eigenvalue weighted by Crippen LogP contribution is 2.64. The van der Waals surface area contributed by atoms with Crippen LogP contribution >= 0.6 is 0 Å². The number of carbonyl (C=O) groups excluding carboxylic acids is 4. The zero-order valence-electron chi connectivity index (χ0n) is 24.5. The number of halogens is 14. The number of rotatable bonds is 12. The van der Waals surface area contributed by atoms with Crippen LogP contribution in [0, 0.1) is 0 Å². The van der Waals surface area contributed by atoms with Crippen LogP contribution in [0.4, 0.5) is 61.5 Å². The van der Waals surface area contributed by atoms with Gasteiger partial charge >= 0.3 is 65.3 Å². The van der Waals surface area contributed by atoms with E-state index in [1.807, 2.05) is 0 Å². The van der Waals surface area contributed by atoms with Crippen LogP contribution in [0.3, 0.4) is 0 Å². The van der Waals surface area contributed by atoms with Crippen molar-refractivity contribution < 1.29 is 99.6 Å². The number of methoxy groups -OCH3 is 4. The van der Waals surface area contributed by atoms with Crippen molar-refractivity contribution in [3.05, 3.63) is 69.8 Å². The molecule has 0 aliphatic heterocycles. The molecule has 0 saturated heterocycles. The van der Waals surface area contributed by atoms with Gasteiger partial charge in [0.05, 0.1) is 50.7 Å². The maximum atomic E-state index is 14.9. The number of hydrogen-bond acceptors (Lipinski definition) is 8. The maximum Gasteiger partial charge on any atom is 0.385 e. The number of benzene rings is 2. The molecule has 0 heterocycles. The molecular formula is C27H18F14O8. The average molecular weight is 736 g/mol. The highest BCUT2D eigenvalue weighted by Gasteiger charge is 2.93. The van der Waals surface area contributed by atoms with Crippen molar-refractivity contribution in [1.82, 2.24) is 0 Å². The molecule has 22 heteroatoms. The second-order valence-electron chi connectivity index (χ2n) is 9.51. The summed E-state index contributed by atoms with van der Waals surface area (Å²) in [5.74, 6) is -61.3. The first-order chi connectivity index (χ1) is 22.1. The number of alkyl halides is 14. The van der Waals surface area contributed by atoms with Crippen LogP contribution in [-0.2, 0) is 30.8 Å². The van der Waals surface area contributed by atoms with E-state index >= 15 is 0 Å². The first kappa shape index (κ1) is 40.5. The molecule has 0 bridgehead atoms. The maximum absolute atomic E-state index is 14.9. The lowest BCUT2D eigenvalue weighted by atomic mass is 9.85. The Morgan fingerprint density at radius 2 is 0.612 bits per heavy atom. The molecular weight excluding hydrogens is 718 g/mol. The Morgan fingerprint density at radius 1 is 0.388 bits per heavy atom. The van der Waals surface area contributed by atoms with E-state index in [1.165, 1.54) is 0 Å². The molecule has 49 heavy (non-hydrogen) atoms. The minimum absolute atomic E-state index is 0.0328. The van der Waals surface area contributed by atoms with Crippen molar-refractivity contribution in [2.45, 2.75) is 41.5 Å². The van der Waals surface area contributed by atoms with E-state index in [9.17, 15) is 80.6 Å². The quantitative estimate of drug-likeness (QED) is 0.132. The summed E-state index contributed by atoms with van der Waals surface area (Å²) < 4.78 is 223.